The van der Waals surface area contributed by atoms with Crippen LogP contribution < -0.4 is 5.32 Å². The molecule has 0 saturated carbocycles. The summed E-state index contributed by atoms with van der Waals surface area (Å²) in [5.41, 5.74) is 1.25. The third-order valence-corrected chi connectivity index (χ3v) is 5.18. The van der Waals surface area contributed by atoms with Crippen molar-refractivity contribution in [2.24, 2.45) is 13.0 Å². The summed E-state index contributed by atoms with van der Waals surface area (Å²) in [6.45, 7) is 5.79. The zero-order valence-electron chi connectivity index (χ0n) is 14.4. The lowest BCUT2D eigenvalue weighted by molar-refractivity contribution is 0.193. The van der Waals surface area contributed by atoms with Gasteiger partial charge in [-0.05, 0) is 24.8 Å². The largest absolute Gasteiger partial charge is 0.324 e. The number of hydrogen-bond donors (Lipinski definition) is 1. The predicted molar refractivity (Wildman–Crippen MR) is 94.2 cm³/mol. The van der Waals surface area contributed by atoms with Crippen LogP contribution in [0.5, 0.6) is 0 Å². The third-order valence-electron chi connectivity index (χ3n) is 4.32. The Bertz CT molecular complexity index is 686. The lowest BCUT2D eigenvalue weighted by atomic mass is 9.93. The van der Waals surface area contributed by atoms with Crippen LogP contribution in [0.1, 0.15) is 43.3 Å². The fourth-order valence-electron chi connectivity index (χ4n) is 3.07. The van der Waals surface area contributed by atoms with Gasteiger partial charge < -0.3 is 4.90 Å². The van der Waals surface area contributed by atoms with Crippen LogP contribution in [0.3, 0.4) is 0 Å². The Morgan fingerprint density at radius 1 is 1.38 bits per heavy atom. The van der Waals surface area contributed by atoms with Crippen molar-refractivity contribution in [2.45, 2.75) is 39.0 Å². The summed E-state index contributed by atoms with van der Waals surface area (Å²) in [5.74, 6) is 1.01. The van der Waals surface area contributed by atoms with Gasteiger partial charge in [-0.2, -0.15) is 5.10 Å². The van der Waals surface area contributed by atoms with Crippen LogP contribution in [0.25, 0.3) is 0 Å². The molecular formula is C16H24N6OS. The molecule has 0 radical (unpaired) electrons. The molecule has 0 aliphatic carbocycles. The molecule has 2 aromatic rings. The first-order valence-electron chi connectivity index (χ1n) is 8.39. The number of nitrogens with one attached hydrogen (secondary N) is 1. The second-order valence-corrected chi connectivity index (χ2v) is 7.73. The second-order valence-electron chi connectivity index (χ2n) is 6.67. The molecule has 130 valence electrons. The van der Waals surface area contributed by atoms with Crippen molar-refractivity contribution in [3.63, 3.8) is 0 Å². The Morgan fingerprint density at radius 3 is 2.75 bits per heavy atom. The van der Waals surface area contributed by atoms with Crippen LogP contribution in [0.2, 0.25) is 0 Å². The highest BCUT2D eigenvalue weighted by atomic mass is 32.1. The molecule has 1 fully saturated rings. The summed E-state index contributed by atoms with van der Waals surface area (Å²) in [6, 6.07) is 1.99. The van der Waals surface area contributed by atoms with Crippen molar-refractivity contribution in [1.29, 1.82) is 0 Å². The van der Waals surface area contributed by atoms with E-state index in [4.69, 9.17) is 0 Å². The summed E-state index contributed by atoms with van der Waals surface area (Å²) < 4.78 is 1.93. The molecule has 1 aliphatic heterocycles. The average Bonchev–Trinajstić information content (AvgIpc) is 3.16. The maximum atomic E-state index is 12.4. The van der Waals surface area contributed by atoms with Crippen molar-refractivity contribution < 1.29 is 4.79 Å². The van der Waals surface area contributed by atoms with E-state index >= 15 is 0 Å². The average molecular weight is 348 g/mol. The van der Waals surface area contributed by atoms with Crippen LogP contribution in [0.15, 0.2) is 12.3 Å². The van der Waals surface area contributed by atoms with Crippen molar-refractivity contribution in [3.8, 4) is 0 Å². The van der Waals surface area contributed by atoms with E-state index in [2.05, 4.69) is 40.5 Å². The second kappa shape index (κ2) is 7.29. The van der Waals surface area contributed by atoms with Gasteiger partial charge in [-0.1, -0.05) is 25.2 Å². The smallest absolute Gasteiger partial charge is 0.323 e. The van der Waals surface area contributed by atoms with E-state index in [0.717, 1.165) is 37.4 Å². The van der Waals surface area contributed by atoms with E-state index in [1.54, 1.807) is 0 Å². The summed E-state index contributed by atoms with van der Waals surface area (Å²) in [6.07, 6.45) is 4.64. The van der Waals surface area contributed by atoms with E-state index in [1.165, 1.54) is 17.0 Å². The predicted octanol–water partition coefficient (Wildman–Crippen LogP) is 2.88. The summed E-state index contributed by atoms with van der Waals surface area (Å²) in [4.78, 5) is 14.3. The monoisotopic (exact) mass is 348 g/mol. The van der Waals surface area contributed by atoms with Gasteiger partial charge >= 0.3 is 6.03 Å². The quantitative estimate of drug-likeness (QED) is 0.922. The molecule has 0 atom stereocenters. The van der Waals surface area contributed by atoms with Crippen LogP contribution in [0, 0.1) is 5.92 Å². The maximum absolute atomic E-state index is 12.4. The van der Waals surface area contributed by atoms with E-state index in [1.807, 2.05) is 22.8 Å². The summed E-state index contributed by atoms with van der Waals surface area (Å²) in [7, 11) is 1.97. The lowest BCUT2D eigenvalue weighted by Gasteiger charge is -2.31. The maximum Gasteiger partial charge on any atom is 0.323 e. The van der Waals surface area contributed by atoms with Crippen molar-refractivity contribution in [2.75, 3.05) is 18.4 Å². The molecule has 3 rings (SSSR count). The minimum Gasteiger partial charge on any atom is -0.324 e. The number of amides is 2. The molecule has 7 nitrogen and oxygen atoms in total. The molecule has 0 aromatic carbocycles. The summed E-state index contributed by atoms with van der Waals surface area (Å²) >= 11 is 1.46. The molecule has 1 saturated heterocycles. The fraction of sp³-hybridized carbons (Fsp3) is 0.625. The SMILES string of the molecule is CC(C)Cc1nnc(NC(=O)N2CCC(c3ccnn3C)CC2)s1. The van der Waals surface area contributed by atoms with Gasteiger partial charge in [0.05, 0.1) is 0 Å². The first-order chi connectivity index (χ1) is 11.5. The first kappa shape index (κ1) is 16.9. The molecule has 24 heavy (non-hydrogen) atoms. The van der Waals surface area contributed by atoms with Crippen molar-refractivity contribution in [3.05, 3.63) is 23.0 Å². The summed E-state index contributed by atoms with van der Waals surface area (Å²) in [5, 5.41) is 16.9. The van der Waals surface area contributed by atoms with E-state index in [0.29, 0.717) is 17.0 Å². The zero-order valence-corrected chi connectivity index (χ0v) is 15.2. The van der Waals surface area contributed by atoms with Gasteiger partial charge in [0.1, 0.15) is 5.01 Å². The Kier molecular flexibility index (Phi) is 5.13. The Balaban J connectivity index is 1.52. The van der Waals surface area contributed by atoms with Gasteiger partial charge in [0.15, 0.2) is 0 Å². The molecule has 1 aliphatic rings. The van der Waals surface area contributed by atoms with Gasteiger partial charge in [-0.15, -0.1) is 10.2 Å². The van der Waals surface area contributed by atoms with Crippen LogP contribution in [-0.2, 0) is 13.5 Å². The minimum absolute atomic E-state index is 0.0781. The van der Waals surface area contributed by atoms with Gasteiger partial charge in [-0.3, -0.25) is 10.00 Å². The van der Waals surface area contributed by atoms with Crippen LogP contribution >= 0.6 is 11.3 Å². The van der Waals surface area contributed by atoms with Gasteiger partial charge in [0, 0.05) is 44.4 Å². The molecular weight excluding hydrogens is 324 g/mol. The Labute approximate surface area is 146 Å². The zero-order chi connectivity index (χ0) is 17.1. The van der Waals surface area contributed by atoms with E-state index in [-0.39, 0.29) is 6.03 Å². The highest BCUT2D eigenvalue weighted by molar-refractivity contribution is 7.15. The number of carbonyl (C=O) groups excluding carboxylic acids is 1. The Morgan fingerprint density at radius 2 is 2.12 bits per heavy atom. The number of nitrogens with zero attached hydrogens (tertiary/aromatic N) is 5. The molecule has 2 aromatic heterocycles. The Hall–Kier alpha value is -1.96. The van der Waals surface area contributed by atoms with Crippen molar-refractivity contribution >= 4 is 22.5 Å². The molecule has 3 heterocycles. The molecule has 1 N–H and O–H groups in total. The molecule has 2 amide bonds. The molecule has 0 unspecified atom stereocenters. The number of piperidine rings is 1. The number of aromatic nitrogens is 4. The number of anilines is 1. The normalized spacial score (nSPS) is 15.9. The van der Waals surface area contributed by atoms with Gasteiger partial charge in [0.25, 0.3) is 0 Å². The molecule has 0 spiro atoms. The highest BCUT2D eigenvalue weighted by Crippen LogP contribution is 2.28. The highest BCUT2D eigenvalue weighted by Gasteiger charge is 2.25. The fourth-order valence-corrected chi connectivity index (χ4v) is 4.01. The number of rotatable bonds is 4. The number of urea groups is 1. The van der Waals surface area contributed by atoms with Gasteiger partial charge in [-0.25, -0.2) is 4.79 Å². The number of likely N-dealkylation sites (tertiary alicyclic amines) is 1. The van der Waals surface area contributed by atoms with Crippen LogP contribution in [0.4, 0.5) is 9.93 Å². The van der Waals surface area contributed by atoms with Gasteiger partial charge in [0.2, 0.25) is 5.13 Å². The number of aryl methyl sites for hydroxylation is 1. The van der Waals surface area contributed by atoms with Crippen LogP contribution in [-0.4, -0.2) is 44.0 Å². The van der Waals surface area contributed by atoms with Crippen molar-refractivity contribution in [1.82, 2.24) is 24.9 Å². The third kappa shape index (κ3) is 3.92. The first-order valence-corrected chi connectivity index (χ1v) is 9.20. The van der Waals surface area contributed by atoms with E-state index in [9.17, 15) is 4.79 Å². The molecule has 8 heteroatoms. The number of hydrogen-bond acceptors (Lipinski definition) is 5. The lowest BCUT2D eigenvalue weighted by Crippen LogP contribution is -2.40. The topological polar surface area (TPSA) is 75.9 Å². The molecule has 0 bridgehead atoms. The standard InChI is InChI=1S/C16H24N6OS/c1-11(2)10-14-19-20-15(24-14)18-16(23)22-8-5-12(6-9-22)13-4-7-17-21(13)3/h4,7,11-12H,5-6,8-10H2,1-3H3,(H,18,20,23). The minimum atomic E-state index is -0.0781. The van der Waals surface area contributed by atoms with E-state index < -0.39 is 0 Å². The number of carbonyl (C=O) groups is 1.